The summed E-state index contributed by atoms with van der Waals surface area (Å²) in [6.45, 7) is 6.26. The summed E-state index contributed by atoms with van der Waals surface area (Å²) in [6.07, 6.45) is 5.58. The monoisotopic (exact) mass is 453 g/mol. The minimum atomic E-state index is -0.380. The number of thiophene rings is 1. The molecule has 1 aromatic carbocycles. The Balaban J connectivity index is 1.48. The number of aromatic nitrogens is 2. The van der Waals surface area contributed by atoms with Crippen LogP contribution in [0.5, 0.6) is 5.75 Å². The quantitative estimate of drug-likeness (QED) is 0.514. The van der Waals surface area contributed by atoms with Crippen molar-refractivity contribution >= 4 is 28.2 Å². The molecule has 8 heteroatoms. The Kier molecular flexibility index (Phi) is 6.60. The van der Waals surface area contributed by atoms with Gasteiger partial charge in [-0.2, -0.15) is 5.10 Å². The maximum Gasteiger partial charge on any atom is 0.341 e. The van der Waals surface area contributed by atoms with Crippen molar-refractivity contribution in [2.45, 2.75) is 53.2 Å². The van der Waals surface area contributed by atoms with Crippen molar-refractivity contribution in [3.8, 4) is 5.75 Å². The minimum Gasteiger partial charge on any atom is -0.471 e. The summed E-state index contributed by atoms with van der Waals surface area (Å²) in [7, 11) is 0. The molecule has 0 fully saturated rings. The van der Waals surface area contributed by atoms with Crippen LogP contribution in [-0.4, -0.2) is 28.3 Å². The number of rotatable bonds is 7. The van der Waals surface area contributed by atoms with Crippen molar-refractivity contribution < 1.29 is 19.1 Å². The van der Waals surface area contributed by atoms with Gasteiger partial charge in [-0.05, 0) is 75.3 Å². The number of anilines is 1. The van der Waals surface area contributed by atoms with Gasteiger partial charge in [-0.25, -0.2) is 9.48 Å². The first kappa shape index (κ1) is 22.1. The largest absolute Gasteiger partial charge is 0.471 e. The molecule has 4 rings (SSSR count). The Morgan fingerprint density at radius 1 is 1.19 bits per heavy atom. The van der Waals surface area contributed by atoms with Gasteiger partial charge in [0.25, 0.3) is 5.91 Å². The molecule has 1 amide bonds. The maximum atomic E-state index is 12.9. The number of carbonyl (C=O) groups is 2. The first-order valence-corrected chi connectivity index (χ1v) is 11.6. The normalized spacial score (nSPS) is 12.8. The minimum absolute atomic E-state index is 0.193. The van der Waals surface area contributed by atoms with Crippen LogP contribution in [0.25, 0.3) is 0 Å². The average Bonchev–Trinajstić information content (AvgIpc) is 3.39. The Bertz CT molecular complexity index is 1150. The predicted molar refractivity (Wildman–Crippen MR) is 124 cm³/mol. The van der Waals surface area contributed by atoms with Gasteiger partial charge in [-0.1, -0.05) is 12.1 Å². The Morgan fingerprint density at radius 3 is 2.81 bits per heavy atom. The highest BCUT2D eigenvalue weighted by molar-refractivity contribution is 7.17. The van der Waals surface area contributed by atoms with E-state index in [2.05, 4.69) is 10.4 Å². The summed E-state index contributed by atoms with van der Waals surface area (Å²) in [5, 5.41) is 7.77. The molecule has 1 aliphatic carbocycles. The van der Waals surface area contributed by atoms with Crippen molar-refractivity contribution in [1.29, 1.82) is 0 Å². The summed E-state index contributed by atoms with van der Waals surface area (Å²) in [6, 6.07) is 7.65. The van der Waals surface area contributed by atoms with E-state index in [1.54, 1.807) is 23.9 Å². The topological polar surface area (TPSA) is 82.5 Å². The molecule has 0 saturated carbocycles. The summed E-state index contributed by atoms with van der Waals surface area (Å²) in [5.41, 5.74) is 3.92. The SMILES string of the molecule is CCOC(=O)c1c(NC(=O)c2ccn(COc3cc(C)ccc3C)n2)sc2c1CCCC2. The van der Waals surface area contributed by atoms with Crippen LogP contribution in [0.4, 0.5) is 5.00 Å². The van der Waals surface area contributed by atoms with Gasteiger partial charge < -0.3 is 14.8 Å². The molecular formula is C24H27N3O4S. The standard InChI is InChI=1S/C24H27N3O4S/c1-4-30-24(29)21-17-7-5-6-8-20(17)32-23(21)25-22(28)18-11-12-27(26-18)14-31-19-13-15(2)9-10-16(19)3/h9-13H,4-8,14H2,1-3H3,(H,25,28). The third kappa shape index (κ3) is 4.70. The lowest BCUT2D eigenvalue weighted by molar-refractivity contribution is 0.0526. The van der Waals surface area contributed by atoms with Crippen molar-refractivity contribution in [2.75, 3.05) is 11.9 Å². The van der Waals surface area contributed by atoms with E-state index < -0.39 is 0 Å². The van der Waals surface area contributed by atoms with Crippen LogP contribution in [0, 0.1) is 13.8 Å². The van der Waals surface area contributed by atoms with Crippen LogP contribution in [0.15, 0.2) is 30.5 Å². The Morgan fingerprint density at radius 2 is 2.00 bits per heavy atom. The lowest BCUT2D eigenvalue weighted by Gasteiger charge is -2.12. The van der Waals surface area contributed by atoms with Crippen molar-refractivity contribution in [1.82, 2.24) is 9.78 Å². The number of nitrogens with zero attached hydrogens (tertiary/aromatic N) is 2. The number of ether oxygens (including phenoxy) is 2. The van der Waals surface area contributed by atoms with E-state index in [0.29, 0.717) is 17.2 Å². The molecule has 0 aliphatic heterocycles. The molecule has 2 aromatic heterocycles. The van der Waals surface area contributed by atoms with E-state index >= 15 is 0 Å². The molecule has 1 N–H and O–H groups in total. The molecule has 7 nitrogen and oxygen atoms in total. The molecule has 0 spiro atoms. The van der Waals surface area contributed by atoms with Gasteiger partial charge in [0.2, 0.25) is 0 Å². The van der Waals surface area contributed by atoms with Gasteiger partial charge in [0.15, 0.2) is 12.4 Å². The van der Waals surface area contributed by atoms with Crippen molar-refractivity contribution in [3.63, 3.8) is 0 Å². The zero-order chi connectivity index (χ0) is 22.7. The highest BCUT2D eigenvalue weighted by Gasteiger charge is 2.27. The summed E-state index contributed by atoms with van der Waals surface area (Å²) < 4.78 is 12.7. The molecule has 0 unspecified atom stereocenters. The van der Waals surface area contributed by atoms with E-state index in [9.17, 15) is 9.59 Å². The molecule has 1 aliphatic rings. The van der Waals surface area contributed by atoms with Gasteiger partial charge in [0.05, 0.1) is 12.2 Å². The number of nitrogens with one attached hydrogen (secondary N) is 1. The van der Waals surface area contributed by atoms with Gasteiger partial charge in [0.1, 0.15) is 10.8 Å². The molecule has 0 radical (unpaired) electrons. The summed E-state index contributed by atoms with van der Waals surface area (Å²) in [5.74, 6) is 0.0454. The molecule has 0 bridgehead atoms. The number of carbonyl (C=O) groups excluding carboxylic acids is 2. The van der Waals surface area contributed by atoms with Crippen LogP contribution in [0.3, 0.4) is 0 Å². The highest BCUT2D eigenvalue weighted by atomic mass is 32.1. The fraction of sp³-hybridized carbons (Fsp3) is 0.375. The second-order valence-electron chi connectivity index (χ2n) is 7.87. The van der Waals surface area contributed by atoms with Crippen LogP contribution in [-0.2, 0) is 24.3 Å². The van der Waals surface area contributed by atoms with Crippen molar-refractivity contribution in [2.24, 2.45) is 0 Å². The van der Waals surface area contributed by atoms with Crippen LogP contribution < -0.4 is 10.1 Å². The van der Waals surface area contributed by atoms with Crippen LogP contribution >= 0.6 is 11.3 Å². The Hall–Kier alpha value is -3.13. The third-order valence-electron chi connectivity index (χ3n) is 5.45. The summed E-state index contributed by atoms with van der Waals surface area (Å²) in [4.78, 5) is 26.6. The first-order valence-electron chi connectivity index (χ1n) is 10.8. The zero-order valence-electron chi connectivity index (χ0n) is 18.6. The molecule has 3 aromatic rings. The second-order valence-corrected chi connectivity index (χ2v) is 8.98. The van der Waals surface area contributed by atoms with Crippen molar-refractivity contribution in [3.05, 3.63) is 63.3 Å². The van der Waals surface area contributed by atoms with E-state index in [-0.39, 0.29) is 24.3 Å². The molecule has 0 saturated heterocycles. The smallest absolute Gasteiger partial charge is 0.341 e. The molecular weight excluding hydrogens is 426 g/mol. The number of amides is 1. The van der Waals surface area contributed by atoms with E-state index in [1.807, 2.05) is 32.0 Å². The number of hydrogen-bond acceptors (Lipinski definition) is 6. The van der Waals surface area contributed by atoms with Gasteiger partial charge >= 0.3 is 5.97 Å². The van der Waals surface area contributed by atoms with Crippen LogP contribution in [0.1, 0.15) is 62.2 Å². The number of fused-ring (bicyclic) bond motifs is 1. The number of esters is 1. The van der Waals surface area contributed by atoms with E-state index in [1.165, 1.54) is 11.3 Å². The average molecular weight is 454 g/mol. The molecule has 168 valence electrons. The van der Waals surface area contributed by atoms with Gasteiger partial charge in [-0.15, -0.1) is 11.3 Å². The van der Waals surface area contributed by atoms with Crippen LogP contribution in [0.2, 0.25) is 0 Å². The molecule has 0 atom stereocenters. The fourth-order valence-electron chi connectivity index (χ4n) is 3.79. The number of benzene rings is 1. The Labute approximate surface area is 191 Å². The van der Waals surface area contributed by atoms with Gasteiger partial charge in [-0.3, -0.25) is 4.79 Å². The van der Waals surface area contributed by atoms with E-state index in [4.69, 9.17) is 9.47 Å². The predicted octanol–water partition coefficient (Wildman–Crippen LogP) is 4.91. The highest BCUT2D eigenvalue weighted by Crippen LogP contribution is 2.38. The fourth-order valence-corrected chi connectivity index (χ4v) is 5.07. The number of aryl methyl sites for hydroxylation is 3. The lowest BCUT2D eigenvalue weighted by Crippen LogP contribution is -2.17. The van der Waals surface area contributed by atoms with E-state index in [0.717, 1.165) is 53.0 Å². The lowest BCUT2D eigenvalue weighted by atomic mass is 9.95. The van der Waals surface area contributed by atoms with Gasteiger partial charge in [0, 0.05) is 11.1 Å². The first-order chi connectivity index (χ1) is 15.5. The molecule has 2 heterocycles. The zero-order valence-corrected chi connectivity index (χ0v) is 19.4. The third-order valence-corrected chi connectivity index (χ3v) is 6.65. The second kappa shape index (κ2) is 9.56. The maximum absolute atomic E-state index is 12.9. The summed E-state index contributed by atoms with van der Waals surface area (Å²) >= 11 is 1.46. The number of hydrogen-bond donors (Lipinski definition) is 1. The molecule has 32 heavy (non-hydrogen) atoms.